The number of nitrogens with two attached hydrogens (primary N) is 1. The highest BCUT2D eigenvalue weighted by Gasteiger charge is 2.41. The lowest BCUT2D eigenvalue weighted by Gasteiger charge is -2.12. The van der Waals surface area contributed by atoms with Gasteiger partial charge < -0.3 is 10.7 Å². The van der Waals surface area contributed by atoms with Gasteiger partial charge in [0.15, 0.2) is 5.03 Å². The van der Waals surface area contributed by atoms with Crippen molar-refractivity contribution < 1.29 is 8.42 Å². The van der Waals surface area contributed by atoms with Crippen LogP contribution in [-0.2, 0) is 16.4 Å². The lowest BCUT2D eigenvalue weighted by molar-refractivity contribution is 0.500. The van der Waals surface area contributed by atoms with Gasteiger partial charge in [-0.15, -0.1) is 0 Å². The Morgan fingerprint density at radius 3 is 2.76 bits per heavy atom. The molecule has 6 nitrogen and oxygen atoms in total. The fourth-order valence-corrected chi connectivity index (χ4v) is 2.71. The first-order valence-corrected chi connectivity index (χ1v) is 7.23. The van der Waals surface area contributed by atoms with Gasteiger partial charge in [-0.3, -0.25) is 0 Å². The number of sulfonamides is 1. The molecule has 4 N–H and O–H groups in total. The molecule has 0 atom stereocenters. The van der Waals surface area contributed by atoms with Crippen LogP contribution in [0, 0.1) is 5.41 Å². The number of nitrogens with one attached hydrogen (secondary N) is 2. The maximum atomic E-state index is 11.9. The molecule has 0 radical (unpaired) electrons. The van der Waals surface area contributed by atoms with Crippen molar-refractivity contribution in [2.45, 2.75) is 31.2 Å². The van der Waals surface area contributed by atoms with E-state index in [1.54, 1.807) is 0 Å². The van der Waals surface area contributed by atoms with E-state index in [1.807, 2.05) is 6.92 Å². The van der Waals surface area contributed by atoms with Crippen LogP contribution in [-0.4, -0.2) is 31.5 Å². The number of rotatable bonds is 6. The standard InChI is InChI=1S/C10H18N4O2S/c1-2-8-12-5-9(14-8)17(15,16)13-7-10(6-11)3-4-10/h5,13H,2-4,6-7,11H2,1H3,(H,12,14). The van der Waals surface area contributed by atoms with Crippen LogP contribution in [0.3, 0.4) is 0 Å². The van der Waals surface area contributed by atoms with Gasteiger partial charge >= 0.3 is 0 Å². The first-order chi connectivity index (χ1) is 8.01. The normalized spacial score (nSPS) is 18.2. The minimum atomic E-state index is -3.48. The van der Waals surface area contributed by atoms with Gasteiger partial charge in [-0.1, -0.05) is 6.92 Å². The van der Waals surface area contributed by atoms with Crippen molar-refractivity contribution in [1.29, 1.82) is 0 Å². The first-order valence-electron chi connectivity index (χ1n) is 5.75. The zero-order valence-electron chi connectivity index (χ0n) is 9.86. The molecule has 0 aromatic carbocycles. The predicted molar refractivity (Wildman–Crippen MR) is 63.9 cm³/mol. The van der Waals surface area contributed by atoms with Crippen LogP contribution in [0.1, 0.15) is 25.6 Å². The highest BCUT2D eigenvalue weighted by molar-refractivity contribution is 7.89. The average Bonchev–Trinajstić information content (AvgIpc) is 2.94. The van der Waals surface area contributed by atoms with Crippen LogP contribution in [0.25, 0.3) is 0 Å². The first kappa shape index (κ1) is 12.5. The van der Waals surface area contributed by atoms with Gasteiger partial charge in [0.05, 0.1) is 6.20 Å². The second-order valence-electron chi connectivity index (χ2n) is 4.58. The number of hydrogen-bond acceptors (Lipinski definition) is 4. The quantitative estimate of drug-likeness (QED) is 0.668. The molecular formula is C10H18N4O2S. The molecule has 1 fully saturated rings. The number of aromatic nitrogens is 2. The van der Waals surface area contributed by atoms with Crippen molar-refractivity contribution in [1.82, 2.24) is 14.7 Å². The molecule has 2 rings (SSSR count). The second kappa shape index (κ2) is 4.40. The molecule has 1 aromatic rings. The summed E-state index contributed by atoms with van der Waals surface area (Å²) in [6, 6.07) is 0. The maximum Gasteiger partial charge on any atom is 0.257 e. The monoisotopic (exact) mass is 258 g/mol. The summed E-state index contributed by atoms with van der Waals surface area (Å²) < 4.78 is 26.4. The average molecular weight is 258 g/mol. The Balaban J connectivity index is 2.03. The summed E-state index contributed by atoms with van der Waals surface area (Å²) in [5.41, 5.74) is 5.59. The van der Waals surface area contributed by atoms with Crippen molar-refractivity contribution in [3.05, 3.63) is 12.0 Å². The van der Waals surface area contributed by atoms with Gasteiger partial charge in [-0.05, 0) is 24.8 Å². The van der Waals surface area contributed by atoms with Gasteiger partial charge in [-0.25, -0.2) is 18.1 Å². The molecule has 0 aliphatic heterocycles. The summed E-state index contributed by atoms with van der Waals surface area (Å²) >= 11 is 0. The molecule has 1 aromatic heterocycles. The molecule has 7 heteroatoms. The summed E-state index contributed by atoms with van der Waals surface area (Å²) in [5.74, 6) is 0.672. The summed E-state index contributed by atoms with van der Waals surface area (Å²) in [6.45, 7) is 2.85. The Hall–Kier alpha value is -0.920. The minimum Gasteiger partial charge on any atom is -0.332 e. The second-order valence-corrected chi connectivity index (χ2v) is 6.31. The Kier molecular flexibility index (Phi) is 3.24. The van der Waals surface area contributed by atoms with Crippen molar-refractivity contribution in [2.75, 3.05) is 13.1 Å². The van der Waals surface area contributed by atoms with Gasteiger partial charge in [-0.2, -0.15) is 0 Å². The summed E-state index contributed by atoms with van der Waals surface area (Å²) in [4.78, 5) is 6.77. The molecule has 1 heterocycles. The van der Waals surface area contributed by atoms with E-state index in [9.17, 15) is 8.42 Å². The molecule has 0 unspecified atom stereocenters. The Morgan fingerprint density at radius 1 is 1.59 bits per heavy atom. The molecule has 0 amide bonds. The maximum absolute atomic E-state index is 11.9. The molecule has 1 saturated carbocycles. The number of aryl methyl sites for hydroxylation is 1. The third-order valence-corrected chi connectivity index (χ3v) is 4.57. The van der Waals surface area contributed by atoms with E-state index in [2.05, 4.69) is 14.7 Å². The molecule has 0 bridgehead atoms. The van der Waals surface area contributed by atoms with Crippen molar-refractivity contribution in [3.8, 4) is 0 Å². The van der Waals surface area contributed by atoms with Crippen LogP contribution in [0.15, 0.2) is 11.2 Å². The van der Waals surface area contributed by atoms with Crippen molar-refractivity contribution in [3.63, 3.8) is 0 Å². The molecule has 17 heavy (non-hydrogen) atoms. The van der Waals surface area contributed by atoms with E-state index < -0.39 is 10.0 Å². The zero-order valence-corrected chi connectivity index (χ0v) is 10.7. The van der Waals surface area contributed by atoms with E-state index in [0.29, 0.717) is 25.3 Å². The van der Waals surface area contributed by atoms with Crippen LogP contribution in [0.4, 0.5) is 0 Å². The van der Waals surface area contributed by atoms with Crippen molar-refractivity contribution >= 4 is 10.0 Å². The van der Waals surface area contributed by atoms with E-state index in [1.165, 1.54) is 6.20 Å². The van der Waals surface area contributed by atoms with E-state index in [4.69, 9.17) is 5.73 Å². The Bertz CT molecular complexity index is 490. The Morgan fingerprint density at radius 2 is 2.29 bits per heavy atom. The van der Waals surface area contributed by atoms with E-state index >= 15 is 0 Å². The molecule has 0 saturated heterocycles. The third kappa shape index (κ3) is 2.67. The Labute approximate surface area is 101 Å². The van der Waals surface area contributed by atoms with Gasteiger partial charge in [0.25, 0.3) is 10.0 Å². The van der Waals surface area contributed by atoms with Crippen LogP contribution >= 0.6 is 0 Å². The van der Waals surface area contributed by atoms with E-state index in [-0.39, 0.29) is 10.4 Å². The van der Waals surface area contributed by atoms with Crippen LogP contribution < -0.4 is 10.5 Å². The summed E-state index contributed by atoms with van der Waals surface area (Å²) in [5, 5.41) is 0.127. The van der Waals surface area contributed by atoms with E-state index in [0.717, 1.165) is 12.8 Å². The minimum absolute atomic E-state index is 0.0132. The number of imidazole rings is 1. The van der Waals surface area contributed by atoms with Gasteiger partial charge in [0.2, 0.25) is 0 Å². The number of aromatic amines is 1. The molecule has 0 spiro atoms. The fraction of sp³-hybridized carbons (Fsp3) is 0.700. The molecule has 1 aliphatic rings. The summed E-state index contributed by atoms with van der Waals surface area (Å²) in [7, 11) is -3.48. The van der Waals surface area contributed by atoms with Gasteiger partial charge in [0, 0.05) is 13.0 Å². The number of hydrogen-bond donors (Lipinski definition) is 3. The number of nitrogens with zero attached hydrogens (tertiary/aromatic N) is 1. The summed E-state index contributed by atoms with van der Waals surface area (Å²) in [6.07, 6.45) is 4.02. The lowest BCUT2D eigenvalue weighted by Crippen LogP contribution is -2.34. The SMILES string of the molecule is CCc1ncc(S(=O)(=O)NCC2(CN)CC2)[nH]1. The van der Waals surface area contributed by atoms with Crippen LogP contribution in [0.5, 0.6) is 0 Å². The highest BCUT2D eigenvalue weighted by Crippen LogP contribution is 2.43. The highest BCUT2D eigenvalue weighted by atomic mass is 32.2. The third-order valence-electron chi connectivity index (χ3n) is 3.26. The van der Waals surface area contributed by atoms with Crippen LogP contribution in [0.2, 0.25) is 0 Å². The smallest absolute Gasteiger partial charge is 0.257 e. The topological polar surface area (TPSA) is 101 Å². The largest absolute Gasteiger partial charge is 0.332 e. The van der Waals surface area contributed by atoms with Crippen molar-refractivity contribution in [2.24, 2.45) is 11.1 Å². The zero-order chi connectivity index (χ0) is 12.5. The number of H-pyrrole nitrogens is 1. The fourth-order valence-electron chi connectivity index (χ4n) is 1.62. The molecule has 96 valence electrons. The van der Waals surface area contributed by atoms with Gasteiger partial charge in [0.1, 0.15) is 5.82 Å². The predicted octanol–water partition coefficient (Wildman–Crippen LogP) is -0.0107. The molecule has 1 aliphatic carbocycles. The lowest BCUT2D eigenvalue weighted by atomic mass is 10.1. The molecular weight excluding hydrogens is 240 g/mol.